The first-order valence-corrected chi connectivity index (χ1v) is 10.9. The van der Waals surface area contributed by atoms with Crippen LogP contribution in [0.4, 0.5) is 0 Å². The van der Waals surface area contributed by atoms with E-state index in [4.69, 9.17) is 55.1 Å². The van der Waals surface area contributed by atoms with E-state index in [9.17, 15) is 9.59 Å². The van der Waals surface area contributed by atoms with Gasteiger partial charge >= 0.3 is 19.1 Å². The molecule has 4 N–H and O–H groups in total. The van der Waals surface area contributed by atoms with E-state index in [0.29, 0.717) is 16.4 Å². The van der Waals surface area contributed by atoms with Crippen molar-refractivity contribution in [2.45, 2.75) is 0 Å². The SMILES string of the molecule is Clc1ccnc(Cl)n1.O=C(O)c1cccc(-c2ccnc(Cl)n2)c1.O=C(O)c1cccc(B(O)O)c1. The van der Waals surface area contributed by atoms with Gasteiger partial charge in [0, 0.05) is 18.0 Å². The maximum Gasteiger partial charge on any atom is 0.488 e. The van der Waals surface area contributed by atoms with Crippen LogP contribution in [0.2, 0.25) is 15.7 Å². The van der Waals surface area contributed by atoms with E-state index >= 15 is 0 Å². The number of carbonyl (C=O) groups is 2. The number of nitrogens with zero attached hydrogens (tertiary/aromatic N) is 4. The molecule has 0 aliphatic carbocycles. The van der Waals surface area contributed by atoms with E-state index in [1.807, 2.05) is 0 Å². The number of hydrogen-bond donors (Lipinski definition) is 4. The third-order valence-electron chi connectivity index (χ3n) is 4.06. The van der Waals surface area contributed by atoms with Gasteiger partial charge in [0.05, 0.1) is 16.8 Å². The summed E-state index contributed by atoms with van der Waals surface area (Å²) in [5.41, 5.74) is 1.73. The Labute approximate surface area is 220 Å². The highest BCUT2D eigenvalue weighted by molar-refractivity contribution is 6.58. The molecular weight excluding hydrogens is 533 g/mol. The molecule has 0 saturated carbocycles. The molecule has 184 valence electrons. The number of carboxylic acid groups (broad SMARTS) is 2. The van der Waals surface area contributed by atoms with Crippen LogP contribution in [0.3, 0.4) is 0 Å². The average molecular weight is 550 g/mol. The van der Waals surface area contributed by atoms with Crippen LogP contribution >= 0.6 is 34.8 Å². The van der Waals surface area contributed by atoms with Crippen molar-refractivity contribution in [2.75, 3.05) is 0 Å². The summed E-state index contributed by atoms with van der Waals surface area (Å²) >= 11 is 16.4. The van der Waals surface area contributed by atoms with Crippen LogP contribution in [0.1, 0.15) is 20.7 Å². The molecule has 0 spiro atoms. The van der Waals surface area contributed by atoms with Crippen LogP contribution in [0.15, 0.2) is 73.1 Å². The molecule has 0 amide bonds. The molecule has 2 heterocycles. The van der Waals surface area contributed by atoms with Crippen molar-refractivity contribution in [1.82, 2.24) is 19.9 Å². The zero-order chi connectivity index (χ0) is 26.7. The minimum Gasteiger partial charge on any atom is -0.478 e. The monoisotopic (exact) mass is 548 g/mol. The first kappa shape index (κ1) is 28.6. The molecule has 0 aliphatic rings. The first-order valence-electron chi connectivity index (χ1n) is 9.72. The fraction of sp³-hybridized carbons (Fsp3) is 0. The van der Waals surface area contributed by atoms with Crippen LogP contribution in [0.25, 0.3) is 11.3 Å². The van der Waals surface area contributed by atoms with Gasteiger partial charge in [-0.05, 0) is 65.1 Å². The maximum atomic E-state index is 10.8. The van der Waals surface area contributed by atoms with Gasteiger partial charge < -0.3 is 20.3 Å². The summed E-state index contributed by atoms with van der Waals surface area (Å²) in [7, 11) is -1.62. The van der Waals surface area contributed by atoms with Crippen molar-refractivity contribution in [3.05, 3.63) is 99.9 Å². The number of halogens is 3. The van der Waals surface area contributed by atoms with Gasteiger partial charge in [0.1, 0.15) is 5.15 Å². The van der Waals surface area contributed by atoms with Crippen molar-refractivity contribution in [2.24, 2.45) is 0 Å². The van der Waals surface area contributed by atoms with Crippen LogP contribution in [0.5, 0.6) is 0 Å². The first-order chi connectivity index (χ1) is 17.1. The molecule has 2 aromatic carbocycles. The van der Waals surface area contributed by atoms with Crippen molar-refractivity contribution in [1.29, 1.82) is 0 Å². The molecule has 0 bridgehead atoms. The van der Waals surface area contributed by atoms with E-state index in [1.54, 1.807) is 30.3 Å². The predicted octanol–water partition coefficient (Wildman–Crippen LogP) is 3.34. The van der Waals surface area contributed by atoms with Gasteiger partial charge in [0.25, 0.3) is 0 Å². The Morgan fingerprint density at radius 1 is 0.722 bits per heavy atom. The van der Waals surface area contributed by atoms with Gasteiger partial charge in [-0.25, -0.2) is 29.5 Å². The minimum absolute atomic E-state index is 0.0422. The van der Waals surface area contributed by atoms with Gasteiger partial charge in [0.2, 0.25) is 10.6 Å². The molecule has 4 aromatic rings. The highest BCUT2D eigenvalue weighted by Gasteiger charge is 2.12. The number of rotatable bonds is 4. The van der Waals surface area contributed by atoms with Crippen LogP contribution in [0, 0.1) is 0 Å². The smallest absolute Gasteiger partial charge is 0.478 e. The Morgan fingerprint density at radius 2 is 1.28 bits per heavy atom. The normalized spacial score (nSPS) is 9.69. The number of hydrogen-bond acceptors (Lipinski definition) is 8. The second kappa shape index (κ2) is 14.1. The molecule has 10 nitrogen and oxygen atoms in total. The Morgan fingerprint density at radius 3 is 1.78 bits per heavy atom. The Bertz CT molecular complexity index is 1330. The molecule has 0 aliphatic heterocycles. The van der Waals surface area contributed by atoms with Gasteiger partial charge in [-0.3, -0.25) is 0 Å². The molecule has 0 atom stereocenters. The summed E-state index contributed by atoms with van der Waals surface area (Å²) in [6.45, 7) is 0. The van der Waals surface area contributed by atoms with Gasteiger partial charge in [-0.1, -0.05) is 35.9 Å². The van der Waals surface area contributed by atoms with Crippen molar-refractivity contribution >= 4 is 59.3 Å². The molecule has 0 radical (unpaired) electrons. The van der Waals surface area contributed by atoms with Crippen LogP contribution in [-0.4, -0.2) is 59.3 Å². The summed E-state index contributed by atoms with van der Waals surface area (Å²) in [5.74, 6) is -2.06. The molecule has 14 heteroatoms. The fourth-order valence-electron chi connectivity index (χ4n) is 2.45. The molecule has 0 fully saturated rings. The quantitative estimate of drug-likeness (QED) is 0.168. The van der Waals surface area contributed by atoms with Gasteiger partial charge in [0.15, 0.2) is 0 Å². The molecular formula is C22H16BCl3N4O6. The maximum absolute atomic E-state index is 10.8. The number of aromatic carboxylic acids is 2. The van der Waals surface area contributed by atoms with E-state index in [1.165, 1.54) is 42.7 Å². The van der Waals surface area contributed by atoms with Crippen LogP contribution in [-0.2, 0) is 0 Å². The molecule has 4 rings (SSSR count). The lowest BCUT2D eigenvalue weighted by Crippen LogP contribution is -2.30. The Kier molecular flexibility index (Phi) is 11.2. The van der Waals surface area contributed by atoms with Crippen molar-refractivity contribution in [3.63, 3.8) is 0 Å². The summed E-state index contributed by atoms with van der Waals surface area (Å²) in [6.07, 6.45) is 3.02. The second-order valence-corrected chi connectivity index (χ2v) is 7.61. The highest BCUT2D eigenvalue weighted by atomic mass is 35.5. The Hall–Kier alpha value is -3.61. The van der Waals surface area contributed by atoms with Crippen molar-refractivity contribution < 1.29 is 29.9 Å². The zero-order valence-electron chi connectivity index (χ0n) is 18.0. The van der Waals surface area contributed by atoms with Crippen LogP contribution < -0.4 is 5.46 Å². The lowest BCUT2D eigenvalue weighted by molar-refractivity contribution is 0.0686. The number of carboxylic acids is 2. The average Bonchev–Trinajstić information content (AvgIpc) is 2.85. The van der Waals surface area contributed by atoms with E-state index in [2.05, 4.69) is 19.9 Å². The summed E-state index contributed by atoms with van der Waals surface area (Å²) < 4.78 is 0. The summed E-state index contributed by atoms with van der Waals surface area (Å²) in [6, 6.07) is 15.2. The predicted molar refractivity (Wildman–Crippen MR) is 135 cm³/mol. The molecule has 36 heavy (non-hydrogen) atoms. The summed E-state index contributed by atoms with van der Waals surface area (Å²) in [5, 5.41) is 35.4. The summed E-state index contributed by atoms with van der Waals surface area (Å²) in [4.78, 5) is 36.2. The highest BCUT2D eigenvalue weighted by Crippen LogP contribution is 2.19. The van der Waals surface area contributed by atoms with Gasteiger partial charge in [-0.2, -0.15) is 0 Å². The topological polar surface area (TPSA) is 167 Å². The van der Waals surface area contributed by atoms with Gasteiger partial charge in [-0.15, -0.1) is 0 Å². The zero-order valence-corrected chi connectivity index (χ0v) is 20.3. The molecule has 2 aromatic heterocycles. The number of aromatic nitrogens is 4. The fourth-order valence-corrected chi connectivity index (χ4v) is 2.93. The third-order valence-corrected chi connectivity index (χ3v) is 4.63. The Balaban J connectivity index is 0.000000202. The second-order valence-electron chi connectivity index (χ2n) is 6.55. The van der Waals surface area contributed by atoms with E-state index < -0.39 is 19.1 Å². The minimum atomic E-state index is -1.62. The van der Waals surface area contributed by atoms with E-state index in [-0.39, 0.29) is 27.2 Å². The lowest BCUT2D eigenvalue weighted by atomic mass is 9.80. The third kappa shape index (κ3) is 9.57. The number of benzene rings is 2. The standard InChI is InChI=1S/C11H7ClN2O2.C7H7BO4.C4H2Cl2N2/c12-11-13-5-4-9(14-11)7-2-1-3-8(6-7)10(15)16;9-7(10)5-2-1-3-6(4-5)8(11)12;5-3-1-2-7-4(6)8-3/h1-6H,(H,15,16);1-4,11-12H,(H,9,10);1-2H. The largest absolute Gasteiger partial charge is 0.488 e. The van der Waals surface area contributed by atoms with Crippen molar-refractivity contribution in [3.8, 4) is 11.3 Å². The lowest BCUT2D eigenvalue weighted by Gasteiger charge is -2.01. The van der Waals surface area contributed by atoms with E-state index in [0.717, 1.165) is 0 Å². The molecule has 0 saturated heterocycles. The molecule has 0 unspecified atom stereocenters.